The van der Waals surface area contributed by atoms with E-state index in [0.717, 1.165) is 5.52 Å². The van der Waals surface area contributed by atoms with Crippen molar-refractivity contribution in [2.24, 2.45) is 5.73 Å². The Labute approximate surface area is 106 Å². The molecule has 1 aliphatic rings. The van der Waals surface area contributed by atoms with Gasteiger partial charge in [0.1, 0.15) is 0 Å². The van der Waals surface area contributed by atoms with E-state index in [4.69, 9.17) is 5.73 Å². The Morgan fingerprint density at radius 1 is 1.44 bits per heavy atom. The quantitative estimate of drug-likeness (QED) is 0.798. The number of amides is 1. The molecule has 0 fully saturated rings. The first kappa shape index (κ1) is 11.3. The number of likely N-dealkylation sites (N-methyl/N-ethyl adjacent to an activating group) is 1. The topological polar surface area (TPSA) is 62.1 Å². The molecular weight excluding hydrogens is 226 g/mol. The van der Waals surface area contributed by atoms with Crippen LogP contribution in [-0.2, 0) is 11.2 Å². The van der Waals surface area contributed by atoms with Crippen LogP contribution in [0.4, 0.5) is 0 Å². The SMILES string of the molecule is C[C@H]1c2[nH]c3ccccc3c2C[C@@H](C(N)=O)N1C. The fourth-order valence-electron chi connectivity index (χ4n) is 2.91. The number of carbonyl (C=O) groups is 1. The Morgan fingerprint density at radius 2 is 2.17 bits per heavy atom. The van der Waals surface area contributed by atoms with Crippen LogP contribution in [-0.4, -0.2) is 28.9 Å². The number of para-hydroxylation sites is 1. The van der Waals surface area contributed by atoms with Crippen molar-refractivity contribution >= 4 is 16.8 Å². The van der Waals surface area contributed by atoms with Crippen LogP contribution in [0.2, 0.25) is 0 Å². The van der Waals surface area contributed by atoms with Crippen LogP contribution in [0.1, 0.15) is 24.2 Å². The number of hydrogen-bond acceptors (Lipinski definition) is 2. The number of hydrogen-bond donors (Lipinski definition) is 2. The number of nitrogens with zero attached hydrogens (tertiary/aromatic N) is 1. The molecule has 1 amide bonds. The van der Waals surface area contributed by atoms with Gasteiger partial charge in [-0.25, -0.2) is 0 Å². The predicted octanol–water partition coefficient (Wildman–Crippen LogP) is 1.57. The lowest BCUT2D eigenvalue weighted by molar-refractivity contribution is -0.123. The van der Waals surface area contributed by atoms with E-state index in [1.807, 2.05) is 24.1 Å². The minimum absolute atomic E-state index is 0.179. The third-order valence-corrected chi connectivity index (χ3v) is 4.09. The van der Waals surface area contributed by atoms with Gasteiger partial charge in [0.15, 0.2) is 0 Å². The molecule has 1 aromatic heterocycles. The highest BCUT2D eigenvalue weighted by atomic mass is 16.1. The second-order valence-corrected chi connectivity index (χ2v) is 5.03. The van der Waals surface area contributed by atoms with Gasteiger partial charge in [0, 0.05) is 22.6 Å². The molecule has 3 rings (SSSR count). The van der Waals surface area contributed by atoms with Gasteiger partial charge in [0.05, 0.1) is 6.04 Å². The minimum Gasteiger partial charge on any atom is -0.368 e. The van der Waals surface area contributed by atoms with Gasteiger partial charge in [-0.3, -0.25) is 9.69 Å². The predicted molar refractivity (Wildman–Crippen MR) is 71.2 cm³/mol. The van der Waals surface area contributed by atoms with Crippen molar-refractivity contribution in [1.29, 1.82) is 0 Å². The van der Waals surface area contributed by atoms with Crippen LogP contribution in [0.5, 0.6) is 0 Å². The number of nitrogens with one attached hydrogen (secondary N) is 1. The Morgan fingerprint density at radius 3 is 2.89 bits per heavy atom. The summed E-state index contributed by atoms with van der Waals surface area (Å²) in [4.78, 5) is 17.1. The standard InChI is InChI=1S/C14H17N3O/c1-8-13-10(7-12(14(15)18)17(8)2)9-5-3-4-6-11(9)16-13/h3-6,8,12,16H,7H2,1-2H3,(H2,15,18)/t8-,12-/m0/s1. The van der Waals surface area contributed by atoms with Crippen LogP contribution in [0.15, 0.2) is 24.3 Å². The van der Waals surface area contributed by atoms with Gasteiger partial charge < -0.3 is 10.7 Å². The molecule has 0 radical (unpaired) electrons. The number of primary amides is 1. The van der Waals surface area contributed by atoms with Crippen LogP contribution < -0.4 is 5.73 Å². The molecule has 2 atom stereocenters. The fourth-order valence-corrected chi connectivity index (χ4v) is 2.91. The molecule has 2 aromatic rings. The van der Waals surface area contributed by atoms with Crippen molar-refractivity contribution in [2.45, 2.75) is 25.4 Å². The highest BCUT2D eigenvalue weighted by molar-refractivity contribution is 5.87. The average molecular weight is 243 g/mol. The summed E-state index contributed by atoms with van der Waals surface area (Å²) in [7, 11) is 1.95. The van der Waals surface area contributed by atoms with E-state index in [1.54, 1.807) is 0 Å². The maximum atomic E-state index is 11.5. The third kappa shape index (κ3) is 1.46. The van der Waals surface area contributed by atoms with Crippen molar-refractivity contribution in [2.75, 3.05) is 7.05 Å². The summed E-state index contributed by atoms with van der Waals surface area (Å²) in [6, 6.07) is 8.17. The number of rotatable bonds is 1. The van der Waals surface area contributed by atoms with Gasteiger partial charge in [-0.2, -0.15) is 0 Å². The molecule has 94 valence electrons. The molecule has 0 saturated carbocycles. The summed E-state index contributed by atoms with van der Waals surface area (Å²) in [6.07, 6.45) is 0.690. The van der Waals surface area contributed by atoms with E-state index >= 15 is 0 Å². The Kier molecular flexibility index (Phi) is 2.41. The van der Waals surface area contributed by atoms with Crippen LogP contribution >= 0.6 is 0 Å². The van der Waals surface area contributed by atoms with Crippen molar-refractivity contribution in [1.82, 2.24) is 9.88 Å². The zero-order valence-electron chi connectivity index (χ0n) is 10.6. The van der Waals surface area contributed by atoms with Gasteiger partial charge in [0.25, 0.3) is 0 Å². The summed E-state index contributed by atoms with van der Waals surface area (Å²) < 4.78 is 0. The molecule has 0 unspecified atom stereocenters. The minimum atomic E-state index is -0.250. The van der Waals surface area contributed by atoms with Crippen molar-refractivity contribution in [3.8, 4) is 0 Å². The Hall–Kier alpha value is -1.81. The van der Waals surface area contributed by atoms with E-state index in [-0.39, 0.29) is 18.0 Å². The molecule has 4 nitrogen and oxygen atoms in total. The lowest BCUT2D eigenvalue weighted by atomic mass is 9.92. The van der Waals surface area contributed by atoms with Crippen LogP contribution in [0.25, 0.3) is 10.9 Å². The van der Waals surface area contributed by atoms with E-state index in [2.05, 4.69) is 24.0 Å². The summed E-state index contributed by atoms with van der Waals surface area (Å²) in [5, 5.41) is 1.21. The second-order valence-electron chi connectivity index (χ2n) is 5.03. The number of aromatic nitrogens is 1. The van der Waals surface area contributed by atoms with Crippen molar-refractivity contribution < 1.29 is 4.79 Å². The number of fused-ring (bicyclic) bond motifs is 3. The van der Waals surface area contributed by atoms with Crippen molar-refractivity contribution in [3.63, 3.8) is 0 Å². The summed E-state index contributed by atoms with van der Waals surface area (Å²) in [6.45, 7) is 2.10. The van der Waals surface area contributed by atoms with Gasteiger partial charge >= 0.3 is 0 Å². The number of nitrogens with two attached hydrogens (primary N) is 1. The highest BCUT2D eigenvalue weighted by Crippen LogP contribution is 2.35. The van der Waals surface area contributed by atoms with E-state index in [0.29, 0.717) is 6.42 Å². The summed E-state index contributed by atoms with van der Waals surface area (Å²) in [5.41, 5.74) is 9.07. The third-order valence-electron chi connectivity index (χ3n) is 4.09. The maximum absolute atomic E-state index is 11.5. The van der Waals surface area contributed by atoms with E-state index in [9.17, 15) is 4.79 Å². The van der Waals surface area contributed by atoms with E-state index < -0.39 is 0 Å². The van der Waals surface area contributed by atoms with Gasteiger partial charge in [-0.15, -0.1) is 0 Å². The summed E-state index contributed by atoms with van der Waals surface area (Å²) >= 11 is 0. The van der Waals surface area contributed by atoms with Crippen molar-refractivity contribution in [3.05, 3.63) is 35.5 Å². The number of aromatic amines is 1. The van der Waals surface area contributed by atoms with Gasteiger partial charge in [-0.05, 0) is 32.0 Å². The molecule has 0 bridgehead atoms. The molecular formula is C14H17N3O. The molecule has 4 heteroatoms. The molecule has 0 spiro atoms. The molecule has 0 saturated heterocycles. The lowest BCUT2D eigenvalue weighted by Crippen LogP contribution is -2.48. The number of benzene rings is 1. The number of carbonyl (C=O) groups excluding carboxylic acids is 1. The molecule has 0 aliphatic carbocycles. The van der Waals surface area contributed by atoms with Crippen LogP contribution in [0.3, 0.4) is 0 Å². The number of H-pyrrole nitrogens is 1. The van der Waals surface area contributed by atoms with Crippen LogP contribution in [0, 0.1) is 0 Å². The zero-order chi connectivity index (χ0) is 12.9. The van der Waals surface area contributed by atoms with Gasteiger partial charge in [0.2, 0.25) is 5.91 Å². The highest BCUT2D eigenvalue weighted by Gasteiger charge is 2.34. The lowest BCUT2D eigenvalue weighted by Gasteiger charge is -2.35. The molecule has 1 aromatic carbocycles. The molecule has 3 N–H and O–H groups in total. The first-order valence-electron chi connectivity index (χ1n) is 6.20. The maximum Gasteiger partial charge on any atom is 0.235 e. The second kappa shape index (κ2) is 3.85. The molecule has 18 heavy (non-hydrogen) atoms. The largest absolute Gasteiger partial charge is 0.368 e. The molecule has 2 heterocycles. The first-order valence-corrected chi connectivity index (χ1v) is 6.20. The monoisotopic (exact) mass is 243 g/mol. The van der Waals surface area contributed by atoms with Gasteiger partial charge in [-0.1, -0.05) is 18.2 Å². The summed E-state index contributed by atoms with van der Waals surface area (Å²) in [5.74, 6) is -0.250. The Balaban J connectivity index is 2.19. The first-order chi connectivity index (χ1) is 8.59. The zero-order valence-corrected chi connectivity index (χ0v) is 10.6. The Bertz CT molecular complexity index is 617. The fraction of sp³-hybridized carbons (Fsp3) is 0.357. The smallest absolute Gasteiger partial charge is 0.235 e. The average Bonchev–Trinajstić information content (AvgIpc) is 2.72. The normalized spacial score (nSPS) is 24.1. The molecule has 1 aliphatic heterocycles. The van der Waals surface area contributed by atoms with E-state index in [1.165, 1.54) is 16.6 Å².